The molecule has 0 aliphatic rings. The van der Waals surface area contributed by atoms with Crippen molar-refractivity contribution in [2.45, 2.75) is 6.04 Å². The molecule has 0 saturated carbocycles. The van der Waals surface area contributed by atoms with Crippen molar-refractivity contribution in [3.63, 3.8) is 0 Å². The lowest BCUT2D eigenvalue weighted by Gasteiger charge is -2.11. The maximum atomic E-state index is 13.4. The number of benzene rings is 1. The summed E-state index contributed by atoms with van der Waals surface area (Å²) in [4.78, 5) is 0. The zero-order chi connectivity index (χ0) is 11.7. The van der Waals surface area contributed by atoms with Gasteiger partial charge in [0.05, 0.1) is 6.04 Å². The molecule has 16 heavy (non-hydrogen) atoms. The number of hydrogen-bond donors (Lipinski definition) is 1. The SMILES string of the molecule is N[C@@H](c1ccsc1)c1cc(F)c(F)cc1F. The standard InChI is InChI=1S/C11H8F3NS/c12-8-4-10(14)9(13)3-7(8)11(15)6-1-2-16-5-6/h1-5,11H,15H2/t11-/m0/s1. The molecule has 1 atom stereocenters. The largest absolute Gasteiger partial charge is 0.320 e. The highest BCUT2D eigenvalue weighted by atomic mass is 32.1. The van der Waals surface area contributed by atoms with Crippen molar-refractivity contribution in [2.75, 3.05) is 0 Å². The fourth-order valence-electron chi connectivity index (χ4n) is 1.41. The predicted molar refractivity (Wildman–Crippen MR) is 56.7 cm³/mol. The van der Waals surface area contributed by atoms with Gasteiger partial charge in [-0.25, -0.2) is 13.2 Å². The van der Waals surface area contributed by atoms with Crippen molar-refractivity contribution in [2.24, 2.45) is 5.73 Å². The molecule has 0 aliphatic heterocycles. The van der Waals surface area contributed by atoms with Crippen LogP contribution in [0, 0.1) is 17.5 Å². The van der Waals surface area contributed by atoms with Crippen LogP contribution in [-0.4, -0.2) is 0 Å². The van der Waals surface area contributed by atoms with Crippen LogP contribution in [0.15, 0.2) is 29.0 Å². The van der Waals surface area contributed by atoms with E-state index in [0.29, 0.717) is 11.6 Å². The summed E-state index contributed by atoms with van der Waals surface area (Å²) in [6.07, 6.45) is 0. The minimum absolute atomic E-state index is 0.0442. The first-order valence-corrected chi connectivity index (χ1v) is 5.46. The van der Waals surface area contributed by atoms with Crippen molar-refractivity contribution in [3.05, 3.63) is 57.5 Å². The van der Waals surface area contributed by atoms with Gasteiger partial charge < -0.3 is 5.73 Å². The second-order valence-corrected chi connectivity index (χ2v) is 4.10. The van der Waals surface area contributed by atoms with Gasteiger partial charge in [-0.1, -0.05) is 0 Å². The Bertz CT molecular complexity index is 496. The summed E-state index contributed by atoms with van der Waals surface area (Å²) in [5.41, 5.74) is 6.39. The van der Waals surface area contributed by atoms with Crippen LogP contribution >= 0.6 is 11.3 Å². The summed E-state index contributed by atoms with van der Waals surface area (Å²) in [6.45, 7) is 0. The summed E-state index contributed by atoms with van der Waals surface area (Å²) in [6, 6.07) is 2.25. The first-order chi connectivity index (χ1) is 7.59. The fourth-order valence-corrected chi connectivity index (χ4v) is 2.10. The molecule has 0 radical (unpaired) electrons. The van der Waals surface area contributed by atoms with E-state index < -0.39 is 23.5 Å². The molecule has 1 aromatic heterocycles. The summed E-state index contributed by atoms with van der Waals surface area (Å²) in [5.74, 6) is -3.14. The molecule has 0 unspecified atom stereocenters. The quantitative estimate of drug-likeness (QED) is 0.805. The summed E-state index contributed by atoms with van der Waals surface area (Å²) in [5, 5.41) is 3.53. The smallest absolute Gasteiger partial charge is 0.161 e. The van der Waals surface area contributed by atoms with E-state index in [1.807, 2.05) is 0 Å². The topological polar surface area (TPSA) is 26.0 Å². The van der Waals surface area contributed by atoms with Gasteiger partial charge in [0.15, 0.2) is 11.6 Å². The van der Waals surface area contributed by atoms with Gasteiger partial charge in [0.1, 0.15) is 5.82 Å². The second kappa shape index (κ2) is 4.27. The normalized spacial score (nSPS) is 12.8. The molecule has 0 saturated heterocycles. The number of nitrogens with two attached hydrogens (primary N) is 1. The van der Waals surface area contributed by atoms with E-state index in [4.69, 9.17) is 5.73 Å². The van der Waals surface area contributed by atoms with Crippen LogP contribution in [0.4, 0.5) is 13.2 Å². The number of rotatable bonds is 2. The Morgan fingerprint density at radius 2 is 1.75 bits per heavy atom. The molecular weight excluding hydrogens is 235 g/mol. The first kappa shape index (κ1) is 11.2. The van der Waals surface area contributed by atoms with E-state index >= 15 is 0 Å². The van der Waals surface area contributed by atoms with Gasteiger partial charge >= 0.3 is 0 Å². The van der Waals surface area contributed by atoms with Crippen molar-refractivity contribution >= 4 is 11.3 Å². The Hall–Kier alpha value is -1.33. The van der Waals surface area contributed by atoms with Crippen molar-refractivity contribution < 1.29 is 13.2 Å². The Balaban J connectivity index is 2.44. The van der Waals surface area contributed by atoms with Crippen LogP contribution in [0.25, 0.3) is 0 Å². The number of hydrogen-bond acceptors (Lipinski definition) is 2. The molecule has 0 bridgehead atoms. The van der Waals surface area contributed by atoms with E-state index in [0.717, 1.165) is 6.07 Å². The lowest BCUT2D eigenvalue weighted by Crippen LogP contribution is -2.13. The van der Waals surface area contributed by atoms with Crippen LogP contribution in [0.2, 0.25) is 0 Å². The average Bonchev–Trinajstić information content (AvgIpc) is 2.75. The maximum absolute atomic E-state index is 13.4. The van der Waals surface area contributed by atoms with Crippen LogP contribution in [0.5, 0.6) is 0 Å². The van der Waals surface area contributed by atoms with Crippen molar-refractivity contribution in [3.8, 4) is 0 Å². The fraction of sp³-hybridized carbons (Fsp3) is 0.0909. The molecule has 1 nitrogen and oxygen atoms in total. The molecule has 5 heteroatoms. The minimum atomic E-state index is -1.21. The Morgan fingerprint density at radius 3 is 2.38 bits per heavy atom. The van der Waals surface area contributed by atoms with Gasteiger partial charge in [0.2, 0.25) is 0 Å². The molecule has 2 rings (SSSR count). The van der Waals surface area contributed by atoms with Crippen molar-refractivity contribution in [1.82, 2.24) is 0 Å². The molecule has 1 heterocycles. The third-order valence-electron chi connectivity index (χ3n) is 2.28. The minimum Gasteiger partial charge on any atom is -0.320 e. The highest BCUT2D eigenvalue weighted by Gasteiger charge is 2.17. The lowest BCUT2D eigenvalue weighted by molar-refractivity contribution is 0.488. The summed E-state index contributed by atoms with van der Waals surface area (Å²) >= 11 is 1.41. The molecule has 0 fully saturated rings. The van der Waals surface area contributed by atoms with Crippen LogP contribution < -0.4 is 5.73 Å². The number of thiophene rings is 1. The van der Waals surface area contributed by atoms with Crippen LogP contribution in [0.3, 0.4) is 0 Å². The van der Waals surface area contributed by atoms with Gasteiger partial charge in [0, 0.05) is 11.6 Å². The first-order valence-electron chi connectivity index (χ1n) is 4.51. The number of halogens is 3. The van der Waals surface area contributed by atoms with E-state index in [9.17, 15) is 13.2 Å². The zero-order valence-corrected chi connectivity index (χ0v) is 8.90. The van der Waals surface area contributed by atoms with E-state index in [1.54, 1.807) is 16.8 Å². The molecule has 2 aromatic rings. The molecule has 84 valence electrons. The van der Waals surface area contributed by atoms with Gasteiger partial charge in [-0.2, -0.15) is 11.3 Å². The summed E-state index contributed by atoms with van der Waals surface area (Å²) in [7, 11) is 0. The van der Waals surface area contributed by atoms with Gasteiger partial charge in [0.25, 0.3) is 0 Å². The molecule has 0 aliphatic carbocycles. The molecule has 2 N–H and O–H groups in total. The van der Waals surface area contributed by atoms with Crippen LogP contribution in [-0.2, 0) is 0 Å². The van der Waals surface area contributed by atoms with Crippen molar-refractivity contribution in [1.29, 1.82) is 0 Å². The van der Waals surface area contributed by atoms with E-state index in [2.05, 4.69) is 0 Å². The van der Waals surface area contributed by atoms with Crippen LogP contribution in [0.1, 0.15) is 17.2 Å². The third kappa shape index (κ3) is 1.96. The lowest BCUT2D eigenvalue weighted by atomic mass is 10.0. The second-order valence-electron chi connectivity index (χ2n) is 3.32. The molecular formula is C11H8F3NS. The molecule has 0 amide bonds. The molecule has 1 aromatic carbocycles. The Kier molecular flexibility index (Phi) is 2.98. The van der Waals surface area contributed by atoms with Gasteiger partial charge in [-0.15, -0.1) is 0 Å². The Labute approximate surface area is 94.3 Å². The molecule has 0 spiro atoms. The monoisotopic (exact) mass is 243 g/mol. The average molecular weight is 243 g/mol. The highest BCUT2D eigenvalue weighted by Crippen LogP contribution is 2.25. The Morgan fingerprint density at radius 1 is 1.06 bits per heavy atom. The maximum Gasteiger partial charge on any atom is 0.161 e. The van der Waals surface area contributed by atoms with Gasteiger partial charge in [-0.05, 0) is 28.5 Å². The van der Waals surface area contributed by atoms with E-state index in [1.165, 1.54) is 11.3 Å². The van der Waals surface area contributed by atoms with Gasteiger partial charge in [-0.3, -0.25) is 0 Å². The third-order valence-corrected chi connectivity index (χ3v) is 2.98. The van der Waals surface area contributed by atoms with E-state index in [-0.39, 0.29) is 5.56 Å². The summed E-state index contributed by atoms with van der Waals surface area (Å²) < 4.78 is 39.1. The predicted octanol–water partition coefficient (Wildman–Crippen LogP) is 3.21. The zero-order valence-electron chi connectivity index (χ0n) is 8.08. The highest BCUT2D eigenvalue weighted by molar-refractivity contribution is 7.08.